The molecule has 0 spiro atoms. The first-order valence-electron chi connectivity index (χ1n) is 11.1. The van der Waals surface area contributed by atoms with Gasteiger partial charge in [-0.15, -0.1) is 11.3 Å². The summed E-state index contributed by atoms with van der Waals surface area (Å²) in [5, 5.41) is 1.35. The highest BCUT2D eigenvalue weighted by molar-refractivity contribution is 7.19. The van der Waals surface area contributed by atoms with Gasteiger partial charge >= 0.3 is 0 Å². The fraction of sp³-hybridized carbons (Fsp3) is 0.727. The van der Waals surface area contributed by atoms with Gasteiger partial charge < -0.3 is 9.64 Å². The van der Waals surface area contributed by atoms with E-state index in [2.05, 4.69) is 23.6 Å². The lowest BCUT2D eigenvalue weighted by molar-refractivity contribution is -0.00539. The van der Waals surface area contributed by atoms with Crippen LogP contribution >= 0.6 is 11.3 Å². The second kappa shape index (κ2) is 7.88. The van der Waals surface area contributed by atoms with Crippen molar-refractivity contribution in [1.82, 2.24) is 14.9 Å². The lowest BCUT2D eigenvalue weighted by Crippen LogP contribution is -2.46. The monoisotopic (exact) mass is 400 g/mol. The van der Waals surface area contributed by atoms with Gasteiger partial charge in [-0.05, 0) is 71.0 Å². The Bertz CT molecular complexity index is 835. The fourth-order valence-electron chi connectivity index (χ4n) is 5.15. The summed E-state index contributed by atoms with van der Waals surface area (Å²) in [4.78, 5) is 18.1. The predicted octanol–water partition coefficient (Wildman–Crippen LogP) is 4.17. The number of ether oxygens (including phenoxy) is 1. The third-order valence-corrected chi connectivity index (χ3v) is 7.56. The van der Waals surface area contributed by atoms with E-state index >= 15 is 0 Å². The highest BCUT2D eigenvalue weighted by Gasteiger charge is 2.29. The number of thiophene rings is 1. The molecule has 0 N–H and O–H groups in total. The molecule has 2 atom stereocenters. The highest BCUT2D eigenvalue weighted by atomic mass is 32.1. The molecular weight excluding hydrogens is 368 g/mol. The van der Waals surface area contributed by atoms with Crippen LogP contribution in [0.5, 0.6) is 0 Å². The van der Waals surface area contributed by atoms with Gasteiger partial charge in [-0.25, -0.2) is 9.97 Å². The van der Waals surface area contributed by atoms with Crippen molar-refractivity contribution in [1.29, 1.82) is 0 Å². The molecule has 2 aliphatic heterocycles. The Morgan fingerprint density at radius 1 is 0.964 bits per heavy atom. The van der Waals surface area contributed by atoms with Gasteiger partial charge in [0.15, 0.2) is 0 Å². The smallest absolute Gasteiger partial charge is 0.146 e. The molecule has 0 bridgehead atoms. The van der Waals surface area contributed by atoms with Gasteiger partial charge in [0.25, 0.3) is 0 Å². The van der Waals surface area contributed by atoms with Crippen LogP contribution in [-0.4, -0.2) is 53.3 Å². The van der Waals surface area contributed by atoms with E-state index in [4.69, 9.17) is 14.7 Å². The van der Waals surface area contributed by atoms with Crippen molar-refractivity contribution in [2.24, 2.45) is 0 Å². The Balaban J connectivity index is 1.56. The van der Waals surface area contributed by atoms with E-state index in [1.165, 1.54) is 79.6 Å². The third-order valence-electron chi connectivity index (χ3n) is 6.37. The van der Waals surface area contributed by atoms with Crippen LogP contribution in [-0.2, 0) is 24.1 Å². The molecule has 2 aromatic rings. The van der Waals surface area contributed by atoms with Crippen LogP contribution in [0.15, 0.2) is 0 Å². The third kappa shape index (κ3) is 3.66. The molecule has 5 rings (SSSR count). The number of aryl methyl sites for hydroxylation is 2. The molecule has 2 saturated heterocycles. The molecule has 1 aliphatic carbocycles. The van der Waals surface area contributed by atoms with E-state index in [1.807, 2.05) is 11.3 Å². The second-order valence-electron chi connectivity index (χ2n) is 8.85. The van der Waals surface area contributed by atoms with E-state index < -0.39 is 0 Å². The average molecular weight is 401 g/mol. The van der Waals surface area contributed by atoms with Gasteiger partial charge in [-0.2, -0.15) is 0 Å². The van der Waals surface area contributed by atoms with E-state index in [-0.39, 0.29) is 12.2 Å². The van der Waals surface area contributed by atoms with E-state index in [9.17, 15) is 0 Å². The average Bonchev–Trinajstić information content (AvgIpc) is 3.06. The van der Waals surface area contributed by atoms with Crippen LogP contribution in [0.25, 0.3) is 10.2 Å². The fourth-order valence-corrected chi connectivity index (χ4v) is 6.42. The van der Waals surface area contributed by atoms with Crippen LogP contribution in [0.3, 0.4) is 0 Å². The standard InChI is InChI=1S/C22H32N4OS/c1-15-12-26(13-16(2)27-15)21-20-17-8-4-5-9-18(17)28-22(20)24-19(23-21)14-25-10-6-3-7-11-25/h15-16H,3-14H2,1-2H3. The number of hydrogen-bond donors (Lipinski definition) is 0. The number of anilines is 1. The van der Waals surface area contributed by atoms with Crippen LogP contribution in [0.2, 0.25) is 0 Å². The highest BCUT2D eigenvalue weighted by Crippen LogP contribution is 2.40. The summed E-state index contributed by atoms with van der Waals surface area (Å²) in [6.07, 6.45) is 9.48. The molecule has 0 saturated carbocycles. The van der Waals surface area contributed by atoms with Crippen LogP contribution in [0.1, 0.15) is 62.2 Å². The molecule has 4 heterocycles. The zero-order valence-corrected chi connectivity index (χ0v) is 18.1. The molecular formula is C22H32N4OS. The Morgan fingerprint density at radius 3 is 2.50 bits per heavy atom. The molecule has 2 fully saturated rings. The second-order valence-corrected chi connectivity index (χ2v) is 9.94. The van der Waals surface area contributed by atoms with Crippen LogP contribution < -0.4 is 4.90 Å². The van der Waals surface area contributed by atoms with E-state index in [0.717, 1.165) is 25.5 Å². The number of likely N-dealkylation sites (tertiary alicyclic amines) is 1. The number of nitrogens with zero attached hydrogens (tertiary/aromatic N) is 4. The molecule has 0 radical (unpaired) electrons. The topological polar surface area (TPSA) is 41.5 Å². The summed E-state index contributed by atoms with van der Waals surface area (Å²) >= 11 is 1.93. The van der Waals surface area contributed by atoms with Gasteiger partial charge in [0, 0.05) is 18.0 Å². The van der Waals surface area contributed by atoms with E-state index in [0.29, 0.717) is 0 Å². The quantitative estimate of drug-likeness (QED) is 0.773. The van der Waals surface area contributed by atoms with Crippen molar-refractivity contribution >= 4 is 27.4 Å². The van der Waals surface area contributed by atoms with Gasteiger partial charge in [0.1, 0.15) is 16.5 Å². The normalized spacial score (nSPS) is 26.6. The number of fused-ring (bicyclic) bond motifs is 3. The molecule has 152 valence electrons. The maximum atomic E-state index is 6.01. The summed E-state index contributed by atoms with van der Waals surface area (Å²) < 4.78 is 6.01. The van der Waals surface area contributed by atoms with Crippen molar-refractivity contribution in [3.63, 3.8) is 0 Å². The Kier molecular flexibility index (Phi) is 5.28. The van der Waals surface area contributed by atoms with Crippen molar-refractivity contribution in [2.45, 2.75) is 77.5 Å². The molecule has 5 nitrogen and oxygen atoms in total. The zero-order chi connectivity index (χ0) is 19.1. The molecule has 0 aromatic carbocycles. The van der Waals surface area contributed by atoms with E-state index in [1.54, 1.807) is 4.88 Å². The number of morpholine rings is 1. The summed E-state index contributed by atoms with van der Waals surface area (Å²) in [5.41, 5.74) is 1.54. The molecule has 2 unspecified atom stereocenters. The maximum absolute atomic E-state index is 6.01. The lowest BCUT2D eigenvalue weighted by Gasteiger charge is -2.36. The Morgan fingerprint density at radius 2 is 1.71 bits per heavy atom. The van der Waals surface area contributed by atoms with Gasteiger partial charge in [0.2, 0.25) is 0 Å². The number of aromatic nitrogens is 2. The number of piperidine rings is 1. The van der Waals surface area contributed by atoms with Gasteiger partial charge in [0.05, 0.1) is 24.1 Å². The summed E-state index contributed by atoms with van der Waals surface area (Å²) in [5.74, 6) is 2.19. The predicted molar refractivity (Wildman–Crippen MR) is 115 cm³/mol. The summed E-state index contributed by atoms with van der Waals surface area (Å²) in [6, 6.07) is 0. The Hall–Kier alpha value is -1.24. The lowest BCUT2D eigenvalue weighted by atomic mass is 9.96. The molecule has 2 aromatic heterocycles. The zero-order valence-electron chi connectivity index (χ0n) is 17.2. The molecule has 6 heteroatoms. The molecule has 0 amide bonds. The SMILES string of the molecule is CC1CN(c2nc(CN3CCCCC3)nc3sc4c(c23)CCCC4)CC(C)O1. The van der Waals surface area contributed by atoms with Crippen LogP contribution in [0.4, 0.5) is 5.82 Å². The van der Waals surface area contributed by atoms with Crippen molar-refractivity contribution in [2.75, 3.05) is 31.1 Å². The summed E-state index contributed by atoms with van der Waals surface area (Å²) in [6.45, 7) is 9.46. The van der Waals surface area contributed by atoms with Crippen molar-refractivity contribution in [3.8, 4) is 0 Å². The minimum Gasteiger partial charge on any atom is -0.372 e. The first-order valence-corrected chi connectivity index (χ1v) is 11.9. The molecule has 3 aliphatic rings. The molecule has 28 heavy (non-hydrogen) atoms. The van der Waals surface area contributed by atoms with Crippen molar-refractivity contribution in [3.05, 3.63) is 16.3 Å². The maximum Gasteiger partial charge on any atom is 0.146 e. The van der Waals surface area contributed by atoms with Crippen molar-refractivity contribution < 1.29 is 4.74 Å². The number of rotatable bonds is 3. The van der Waals surface area contributed by atoms with Gasteiger partial charge in [-0.3, -0.25) is 4.90 Å². The Labute approximate surface area is 172 Å². The first kappa shape index (κ1) is 18.8. The number of hydrogen-bond acceptors (Lipinski definition) is 6. The largest absolute Gasteiger partial charge is 0.372 e. The first-order chi connectivity index (χ1) is 13.7. The van der Waals surface area contributed by atoms with Crippen LogP contribution in [0, 0.1) is 0 Å². The minimum atomic E-state index is 0.244. The summed E-state index contributed by atoms with van der Waals surface area (Å²) in [7, 11) is 0. The van der Waals surface area contributed by atoms with Gasteiger partial charge in [-0.1, -0.05) is 6.42 Å². The minimum absolute atomic E-state index is 0.244.